The number of amides is 3. The highest BCUT2D eigenvalue weighted by atomic mass is 32.2. The molecule has 2 aromatic carbocycles. The summed E-state index contributed by atoms with van der Waals surface area (Å²) in [7, 11) is 0. The Morgan fingerprint density at radius 2 is 1.89 bits per heavy atom. The molecule has 1 N–H and O–H groups in total. The summed E-state index contributed by atoms with van der Waals surface area (Å²) in [6.07, 6.45) is 1.41. The fraction of sp³-hybridized carbons (Fsp3) is 0.192. The first-order chi connectivity index (χ1) is 17.7. The van der Waals surface area contributed by atoms with Gasteiger partial charge in [-0.2, -0.15) is 0 Å². The lowest BCUT2D eigenvalue weighted by molar-refractivity contribution is -0.385. The molecule has 0 atom stereocenters. The van der Waals surface area contributed by atoms with Crippen LogP contribution in [0.4, 0.5) is 16.2 Å². The topological polar surface area (TPSA) is 132 Å². The second-order valence-corrected chi connectivity index (χ2v) is 9.16. The van der Waals surface area contributed by atoms with Gasteiger partial charge in [0.2, 0.25) is 5.91 Å². The van der Waals surface area contributed by atoms with Gasteiger partial charge in [-0.15, -0.1) is 0 Å². The Labute approximate surface area is 216 Å². The van der Waals surface area contributed by atoms with E-state index in [9.17, 15) is 24.5 Å². The number of nitrogens with zero attached hydrogens (tertiary/aromatic N) is 2. The van der Waals surface area contributed by atoms with Crippen molar-refractivity contribution in [2.24, 2.45) is 0 Å². The van der Waals surface area contributed by atoms with Crippen molar-refractivity contribution in [1.82, 2.24) is 4.90 Å². The van der Waals surface area contributed by atoms with Crippen molar-refractivity contribution in [3.05, 3.63) is 80.4 Å². The van der Waals surface area contributed by atoms with E-state index in [1.54, 1.807) is 56.3 Å². The molecule has 0 aliphatic carbocycles. The number of hydrogen-bond acceptors (Lipinski definition) is 8. The molecule has 0 radical (unpaired) electrons. The van der Waals surface area contributed by atoms with Crippen molar-refractivity contribution >= 4 is 46.3 Å². The van der Waals surface area contributed by atoms with Crippen LogP contribution in [0.1, 0.15) is 23.8 Å². The molecule has 0 bridgehead atoms. The number of aryl methyl sites for hydroxylation is 1. The molecule has 3 amide bonds. The van der Waals surface area contributed by atoms with E-state index < -0.39 is 28.5 Å². The van der Waals surface area contributed by atoms with Crippen molar-refractivity contribution in [2.45, 2.75) is 20.8 Å². The average molecular weight is 522 g/mol. The molecule has 1 aliphatic rings. The SMILES string of the molecule is CCOc1ccc(NC(=O)CN2C(=O)S/C(=C/c3ccc(-c4cc(C)c(C)c([N+](=O)[O-])c4)o3)C2=O)cc1. The van der Waals surface area contributed by atoms with E-state index in [1.807, 2.05) is 6.92 Å². The molecule has 190 valence electrons. The largest absolute Gasteiger partial charge is 0.494 e. The number of furan rings is 1. The van der Waals surface area contributed by atoms with Crippen LogP contribution in [0.15, 0.2) is 57.9 Å². The van der Waals surface area contributed by atoms with E-state index in [1.165, 1.54) is 12.1 Å². The molecule has 0 saturated carbocycles. The van der Waals surface area contributed by atoms with Gasteiger partial charge in [-0.25, -0.2) is 0 Å². The van der Waals surface area contributed by atoms with Crippen molar-refractivity contribution in [1.29, 1.82) is 0 Å². The Hall–Kier alpha value is -4.38. The summed E-state index contributed by atoms with van der Waals surface area (Å²) >= 11 is 0.701. The van der Waals surface area contributed by atoms with Gasteiger partial charge in [-0.1, -0.05) is 0 Å². The minimum Gasteiger partial charge on any atom is -0.494 e. The molecule has 11 heteroatoms. The number of benzene rings is 2. The Bertz CT molecular complexity index is 1430. The van der Waals surface area contributed by atoms with Crippen molar-refractivity contribution in [2.75, 3.05) is 18.5 Å². The number of ether oxygens (including phenoxy) is 1. The molecule has 1 aliphatic heterocycles. The van der Waals surface area contributed by atoms with E-state index >= 15 is 0 Å². The van der Waals surface area contributed by atoms with Crippen LogP contribution in [-0.2, 0) is 9.59 Å². The van der Waals surface area contributed by atoms with E-state index in [4.69, 9.17) is 9.15 Å². The number of thioether (sulfide) groups is 1. The Morgan fingerprint density at radius 1 is 1.16 bits per heavy atom. The summed E-state index contributed by atoms with van der Waals surface area (Å²) in [6, 6.07) is 13.2. The molecule has 0 unspecified atom stereocenters. The number of carbonyl (C=O) groups is 3. The third-order valence-corrected chi connectivity index (χ3v) is 6.55. The van der Waals surface area contributed by atoms with Crippen LogP contribution in [0.2, 0.25) is 0 Å². The van der Waals surface area contributed by atoms with Gasteiger partial charge in [-0.05, 0) is 80.6 Å². The van der Waals surface area contributed by atoms with Crippen LogP contribution >= 0.6 is 11.8 Å². The van der Waals surface area contributed by atoms with E-state index in [0.717, 1.165) is 10.5 Å². The Morgan fingerprint density at radius 3 is 2.57 bits per heavy atom. The molecule has 1 aromatic heterocycles. The monoisotopic (exact) mass is 521 g/mol. The number of hydrogen-bond donors (Lipinski definition) is 1. The molecule has 10 nitrogen and oxygen atoms in total. The molecule has 1 saturated heterocycles. The maximum absolute atomic E-state index is 12.8. The lowest BCUT2D eigenvalue weighted by atomic mass is 10.0. The second kappa shape index (κ2) is 10.7. The Balaban J connectivity index is 1.45. The number of rotatable bonds is 8. The predicted molar refractivity (Wildman–Crippen MR) is 139 cm³/mol. The van der Waals surface area contributed by atoms with Crippen LogP contribution in [-0.4, -0.2) is 40.0 Å². The number of imide groups is 1. The lowest BCUT2D eigenvalue weighted by Crippen LogP contribution is -2.36. The minimum atomic E-state index is -0.614. The zero-order chi connectivity index (χ0) is 26.7. The summed E-state index contributed by atoms with van der Waals surface area (Å²) in [4.78, 5) is 49.5. The quantitative estimate of drug-likeness (QED) is 0.232. The van der Waals surface area contributed by atoms with Crippen LogP contribution in [0, 0.1) is 24.0 Å². The van der Waals surface area contributed by atoms with Gasteiger partial charge in [-0.3, -0.25) is 29.4 Å². The normalized spacial score (nSPS) is 14.4. The van der Waals surface area contributed by atoms with Crippen LogP contribution < -0.4 is 10.1 Å². The van der Waals surface area contributed by atoms with Gasteiger partial charge in [0.25, 0.3) is 16.8 Å². The van der Waals surface area contributed by atoms with E-state index in [0.29, 0.717) is 52.5 Å². The number of nitro groups is 1. The van der Waals surface area contributed by atoms with Crippen LogP contribution in [0.3, 0.4) is 0 Å². The van der Waals surface area contributed by atoms with Gasteiger partial charge >= 0.3 is 0 Å². The van der Waals surface area contributed by atoms with Crippen LogP contribution in [0.5, 0.6) is 5.75 Å². The summed E-state index contributed by atoms with van der Waals surface area (Å²) in [5.74, 6) is 0.195. The molecule has 1 fully saturated rings. The van der Waals surface area contributed by atoms with Gasteiger partial charge < -0.3 is 14.5 Å². The van der Waals surface area contributed by atoms with Crippen molar-refractivity contribution in [3.8, 4) is 17.1 Å². The first-order valence-corrected chi connectivity index (χ1v) is 12.1. The van der Waals surface area contributed by atoms with Crippen molar-refractivity contribution < 1.29 is 28.5 Å². The maximum Gasteiger partial charge on any atom is 0.294 e. The molecule has 0 spiro atoms. The Kier molecular flexibility index (Phi) is 7.44. The third kappa shape index (κ3) is 5.72. The minimum absolute atomic E-state index is 0.0161. The number of carbonyl (C=O) groups excluding carboxylic acids is 3. The zero-order valence-corrected chi connectivity index (χ0v) is 21.1. The molecule has 37 heavy (non-hydrogen) atoms. The molecule has 2 heterocycles. The van der Waals surface area contributed by atoms with Crippen LogP contribution in [0.25, 0.3) is 17.4 Å². The second-order valence-electron chi connectivity index (χ2n) is 8.17. The highest BCUT2D eigenvalue weighted by Gasteiger charge is 2.36. The number of nitrogens with one attached hydrogen (secondary N) is 1. The lowest BCUT2D eigenvalue weighted by Gasteiger charge is -2.12. The maximum atomic E-state index is 12.8. The van der Waals surface area contributed by atoms with Gasteiger partial charge in [0.15, 0.2) is 0 Å². The molecule has 4 rings (SSSR count). The zero-order valence-electron chi connectivity index (χ0n) is 20.3. The standard InChI is InChI=1S/C26H23N3O7S/c1-4-35-19-7-5-18(6-8-19)27-24(30)14-28-25(31)23(37-26(28)32)13-20-9-10-22(36-20)17-11-15(2)16(3)21(12-17)29(33)34/h5-13H,4,14H2,1-3H3,(H,27,30)/b23-13+. The fourth-order valence-corrected chi connectivity index (χ4v) is 4.49. The molecular weight excluding hydrogens is 498 g/mol. The number of nitro benzene ring substituents is 1. The molecular formula is C26H23N3O7S. The summed E-state index contributed by atoms with van der Waals surface area (Å²) < 4.78 is 11.1. The first kappa shape index (κ1) is 25.7. The number of anilines is 1. The highest BCUT2D eigenvalue weighted by molar-refractivity contribution is 8.18. The summed E-state index contributed by atoms with van der Waals surface area (Å²) in [5.41, 5.74) is 2.32. The fourth-order valence-electron chi connectivity index (χ4n) is 3.67. The predicted octanol–water partition coefficient (Wildman–Crippen LogP) is 5.55. The summed E-state index contributed by atoms with van der Waals surface area (Å²) in [6.45, 7) is 5.40. The van der Waals surface area contributed by atoms with E-state index in [2.05, 4.69) is 5.32 Å². The van der Waals surface area contributed by atoms with E-state index in [-0.39, 0.29) is 10.6 Å². The van der Waals surface area contributed by atoms with Crippen molar-refractivity contribution in [3.63, 3.8) is 0 Å². The highest BCUT2D eigenvalue weighted by Crippen LogP contribution is 2.34. The van der Waals surface area contributed by atoms with Gasteiger partial charge in [0, 0.05) is 29.0 Å². The average Bonchev–Trinajstić information content (AvgIpc) is 3.42. The smallest absolute Gasteiger partial charge is 0.294 e. The first-order valence-electron chi connectivity index (χ1n) is 11.3. The van der Waals surface area contributed by atoms with Gasteiger partial charge in [0.05, 0.1) is 16.4 Å². The third-order valence-electron chi connectivity index (χ3n) is 5.65. The molecule has 3 aromatic rings. The summed E-state index contributed by atoms with van der Waals surface area (Å²) in [5, 5.41) is 13.4. The van der Waals surface area contributed by atoms with Gasteiger partial charge in [0.1, 0.15) is 23.8 Å².